The molecule has 6 nitrogen and oxygen atoms in total. The monoisotopic (exact) mass is 369 g/mol. The standard InChI is InChI=1S/C21H23NO5/c1-2-3-4-5-18(21(24)25)14-20(23)17-8-6-15(7-9-17)16-10-12-19(13-11-16)22(26)27/h6-13,18H,2-5,14H2,1H3,(H,24,25). The minimum Gasteiger partial charge on any atom is -0.481 e. The highest BCUT2D eigenvalue weighted by atomic mass is 16.6. The zero-order chi connectivity index (χ0) is 19.8. The van der Waals surface area contributed by atoms with Gasteiger partial charge in [-0.3, -0.25) is 19.7 Å². The molecule has 1 atom stereocenters. The van der Waals surface area contributed by atoms with Crippen LogP contribution in [0.1, 0.15) is 49.4 Å². The molecule has 2 aromatic rings. The summed E-state index contributed by atoms with van der Waals surface area (Å²) in [5.74, 6) is -1.77. The fourth-order valence-electron chi connectivity index (χ4n) is 2.92. The Morgan fingerprint density at radius 3 is 2.04 bits per heavy atom. The fourth-order valence-corrected chi connectivity index (χ4v) is 2.92. The van der Waals surface area contributed by atoms with E-state index in [9.17, 15) is 24.8 Å². The van der Waals surface area contributed by atoms with Crippen molar-refractivity contribution in [3.05, 3.63) is 64.2 Å². The van der Waals surface area contributed by atoms with Gasteiger partial charge in [0, 0.05) is 24.1 Å². The van der Waals surface area contributed by atoms with Gasteiger partial charge >= 0.3 is 5.97 Å². The molecule has 2 rings (SSSR count). The van der Waals surface area contributed by atoms with Gasteiger partial charge in [0.15, 0.2) is 5.78 Å². The minimum absolute atomic E-state index is 0.00404. The maximum absolute atomic E-state index is 12.4. The number of ketones is 1. The summed E-state index contributed by atoms with van der Waals surface area (Å²) in [6.45, 7) is 2.05. The number of Topliss-reactive ketones (excluding diaryl/α,β-unsaturated/α-hetero) is 1. The molecule has 0 amide bonds. The van der Waals surface area contributed by atoms with E-state index >= 15 is 0 Å². The minimum atomic E-state index is -0.929. The molecule has 0 saturated carbocycles. The average Bonchev–Trinajstić information content (AvgIpc) is 2.67. The number of carbonyl (C=O) groups is 2. The number of aliphatic carboxylic acids is 1. The molecule has 0 aliphatic carbocycles. The summed E-state index contributed by atoms with van der Waals surface area (Å²) in [6, 6.07) is 13.0. The van der Waals surface area contributed by atoms with E-state index in [-0.39, 0.29) is 17.9 Å². The van der Waals surface area contributed by atoms with Crippen LogP contribution in [-0.2, 0) is 4.79 Å². The number of benzene rings is 2. The van der Waals surface area contributed by atoms with Crippen molar-refractivity contribution in [2.24, 2.45) is 5.92 Å². The van der Waals surface area contributed by atoms with E-state index in [0.29, 0.717) is 12.0 Å². The lowest BCUT2D eigenvalue weighted by molar-refractivity contribution is -0.384. The van der Waals surface area contributed by atoms with Gasteiger partial charge in [-0.15, -0.1) is 0 Å². The van der Waals surface area contributed by atoms with Gasteiger partial charge in [0.25, 0.3) is 5.69 Å². The predicted molar refractivity (Wildman–Crippen MR) is 103 cm³/mol. The zero-order valence-corrected chi connectivity index (χ0v) is 15.3. The Balaban J connectivity index is 2.05. The Kier molecular flexibility index (Phi) is 7.23. The van der Waals surface area contributed by atoms with Crippen molar-refractivity contribution in [2.45, 2.75) is 39.0 Å². The van der Waals surface area contributed by atoms with E-state index in [4.69, 9.17) is 0 Å². The summed E-state index contributed by atoms with van der Waals surface area (Å²) in [4.78, 5) is 34.1. The molecule has 0 aromatic heterocycles. The van der Waals surface area contributed by atoms with Gasteiger partial charge < -0.3 is 5.11 Å². The molecular formula is C21H23NO5. The van der Waals surface area contributed by atoms with Gasteiger partial charge in [0.1, 0.15) is 0 Å². The molecule has 0 aliphatic heterocycles. The normalized spacial score (nSPS) is 11.7. The SMILES string of the molecule is CCCCCC(CC(=O)c1ccc(-c2ccc([N+](=O)[O-])cc2)cc1)C(=O)O. The molecule has 2 aromatic carbocycles. The number of non-ortho nitro benzene ring substituents is 1. The van der Waals surface area contributed by atoms with Gasteiger partial charge in [-0.25, -0.2) is 0 Å². The molecule has 1 N–H and O–H groups in total. The smallest absolute Gasteiger partial charge is 0.306 e. The number of carbonyl (C=O) groups excluding carboxylic acids is 1. The second kappa shape index (κ2) is 9.62. The molecule has 0 heterocycles. The van der Waals surface area contributed by atoms with Gasteiger partial charge in [-0.05, 0) is 29.7 Å². The first-order valence-electron chi connectivity index (χ1n) is 9.03. The highest BCUT2D eigenvalue weighted by Gasteiger charge is 2.21. The Labute approximate surface area is 158 Å². The Morgan fingerprint density at radius 1 is 1.00 bits per heavy atom. The van der Waals surface area contributed by atoms with Gasteiger partial charge in [0.2, 0.25) is 0 Å². The van der Waals surface area contributed by atoms with E-state index in [1.54, 1.807) is 36.4 Å². The topological polar surface area (TPSA) is 97.5 Å². The highest BCUT2D eigenvalue weighted by molar-refractivity contribution is 5.98. The molecule has 0 aliphatic rings. The molecule has 0 radical (unpaired) electrons. The number of carboxylic acid groups (broad SMARTS) is 1. The van der Waals surface area contributed by atoms with Crippen LogP contribution in [-0.4, -0.2) is 21.8 Å². The number of nitrogens with zero attached hydrogens (tertiary/aromatic N) is 1. The van der Waals surface area contributed by atoms with Crippen LogP contribution < -0.4 is 0 Å². The van der Waals surface area contributed by atoms with Crippen molar-refractivity contribution >= 4 is 17.4 Å². The van der Waals surface area contributed by atoms with Gasteiger partial charge in [-0.1, -0.05) is 50.5 Å². The zero-order valence-electron chi connectivity index (χ0n) is 15.3. The lowest BCUT2D eigenvalue weighted by atomic mass is 9.92. The molecule has 142 valence electrons. The third kappa shape index (κ3) is 5.74. The quantitative estimate of drug-likeness (QED) is 0.271. The molecule has 1 unspecified atom stereocenters. The van der Waals surface area contributed by atoms with Crippen molar-refractivity contribution in [3.8, 4) is 11.1 Å². The highest BCUT2D eigenvalue weighted by Crippen LogP contribution is 2.24. The number of hydrogen-bond acceptors (Lipinski definition) is 4. The van der Waals surface area contributed by atoms with Crippen LogP contribution in [0.4, 0.5) is 5.69 Å². The fraction of sp³-hybridized carbons (Fsp3) is 0.333. The molecule has 0 saturated heterocycles. The van der Waals surface area contributed by atoms with Crippen LogP contribution in [0.2, 0.25) is 0 Å². The second-order valence-corrected chi connectivity index (χ2v) is 6.54. The summed E-state index contributed by atoms with van der Waals surface area (Å²) in [5, 5.41) is 20.0. The van der Waals surface area contributed by atoms with E-state index in [0.717, 1.165) is 30.4 Å². The third-order valence-electron chi connectivity index (χ3n) is 4.56. The average molecular weight is 369 g/mol. The van der Waals surface area contributed by atoms with E-state index in [2.05, 4.69) is 0 Å². The van der Waals surface area contributed by atoms with Crippen molar-refractivity contribution in [3.63, 3.8) is 0 Å². The molecular weight excluding hydrogens is 346 g/mol. The van der Waals surface area contributed by atoms with Crippen LogP contribution in [0, 0.1) is 16.0 Å². The first-order valence-corrected chi connectivity index (χ1v) is 9.03. The lowest BCUT2D eigenvalue weighted by Gasteiger charge is -2.11. The van der Waals surface area contributed by atoms with Crippen LogP contribution >= 0.6 is 0 Å². The van der Waals surface area contributed by atoms with Crippen LogP contribution in [0.15, 0.2) is 48.5 Å². The number of hydrogen-bond donors (Lipinski definition) is 1. The van der Waals surface area contributed by atoms with E-state index in [1.807, 2.05) is 6.92 Å². The first-order chi connectivity index (χ1) is 12.9. The molecule has 0 spiro atoms. The lowest BCUT2D eigenvalue weighted by Crippen LogP contribution is -2.18. The van der Waals surface area contributed by atoms with Crippen molar-refractivity contribution in [1.29, 1.82) is 0 Å². The largest absolute Gasteiger partial charge is 0.481 e. The summed E-state index contributed by atoms with van der Waals surface area (Å²) < 4.78 is 0. The van der Waals surface area contributed by atoms with Gasteiger partial charge in [0.05, 0.1) is 10.8 Å². The summed E-state index contributed by atoms with van der Waals surface area (Å²) in [5.41, 5.74) is 2.14. The Bertz CT molecular complexity index is 796. The second-order valence-electron chi connectivity index (χ2n) is 6.54. The van der Waals surface area contributed by atoms with Gasteiger partial charge in [-0.2, -0.15) is 0 Å². The van der Waals surface area contributed by atoms with Crippen molar-refractivity contribution < 1.29 is 19.6 Å². The summed E-state index contributed by atoms with van der Waals surface area (Å²) >= 11 is 0. The van der Waals surface area contributed by atoms with E-state index < -0.39 is 16.8 Å². The summed E-state index contributed by atoms with van der Waals surface area (Å²) in [7, 11) is 0. The Hall–Kier alpha value is -3.02. The van der Waals surface area contributed by atoms with Crippen LogP contribution in [0.3, 0.4) is 0 Å². The number of carboxylic acids is 1. The molecule has 0 fully saturated rings. The number of nitro groups is 1. The molecule has 0 bridgehead atoms. The number of nitro benzene ring substituents is 1. The van der Waals surface area contributed by atoms with Crippen LogP contribution in [0.25, 0.3) is 11.1 Å². The first kappa shape index (κ1) is 20.3. The van der Waals surface area contributed by atoms with Crippen molar-refractivity contribution in [2.75, 3.05) is 0 Å². The van der Waals surface area contributed by atoms with Crippen molar-refractivity contribution in [1.82, 2.24) is 0 Å². The number of unbranched alkanes of at least 4 members (excludes halogenated alkanes) is 2. The number of rotatable bonds is 10. The Morgan fingerprint density at radius 2 is 1.56 bits per heavy atom. The van der Waals surface area contributed by atoms with Crippen LogP contribution in [0.5, 0.6) is 0 Å². The maximum Gasteiger partial charge on any atom is 0.306 e. The van der Waals surface area contributed by atoms with E-state index in [1.165, 1.54) is 12.1 Å². The molecule has 6 heteroatoms. The third-order valence-corrected chi connectivity index (χ3v) is 4.56. The maximum atomic E-state index is 12.4. The predicted octanol–water partition coefficient (Wildman–Crippen LogP) is 5.12. The molecule has 27 heavy (non-hydrogen) atoms. The summed E-state index contributed by atoms with van der Waals surface area (Å²) in [6.07, 6.45) is 3.28.